The fourth-order valence-corrected chi connectivity index (χ4v) is 3.91. The molecular formula is C13H21ClN2O3S. The third kappa shape index (κ3) is 3.63. The summed E-state index contributed by atoms with van der Waals surface area (Å²) in [5, 5.41) is 3.20. The van der Waals surface area contributed by atoms with Gasteiger partial charge in [-0.05, 0) is 37.6 Å². The Morgan fingerprint density at radius 3 is 2.70 bits per heavy atom. The highest BCUT2D eigenvalue weighted by Crippen LogP contribution is 2.27. The number of sulfonamides is 1. The summed E-state index contributed by atoms with van der Waals surface area (Å²) in [5.74, 6) is 0.405. The SMILES string of the molecule is COc1ccc(C)cc1S(=O)(=O)N1CCCNCC1.Cl. The number of ether oxygens (including phenoxy) is 1. The maximum Gasteiger partial charge on any atom is 0.246 e. The van der Waals surface area contributed by atoms with Gasteiger partial charge >= 0.3 is 0 Å². The van der Waals surface area contributed by atoms with E-state index < -0.39 is 10.0 Å². The number of rotatable bonds is 3. The summed E-state index contributed by atoms with van der Waals surface area (Å²) in [4.78, 5) is 0.261. The molecule has 1 aromatic rings. The van der Waals surface area contributed by atoms with Gasteiger partial charge in [-0.15, -0.1) is 12.4 Å². The normalized spacial score (nSPS) is 17.1. The minimum Gasteiger partial charge on any atom is -0.495 e. The molecule has 0 atom stereocenters. The van der Waals surface area contributed by atoms with E-state index in [-0.39, 0.29) is 17.3 Å². The number of benzene rings is 1. The van der Waals surface area contributed by atoms with Crippen LogP contribution in [0.15, 0.2) is 23.1 Å². The van der Waals surface area contributed by atoms with E-state index in [0.29, 0.717) is 25.4 Å². The monoisotopic (exact) mass is 320 g/mol. The van der Waals surface area contributed by atoms with Gasteiger partial charge in [-0.2, -0.15) is 4.31 Å². The molecule has 1 fully saturated rings. The first-order valence-electron chi connectivity index (χ1n) is 6.41. The largest absolute Gasteiger partial charge is 0.495 e. The predicted molar refractivity (Wildman–Crippen MR) is 81.2 cm³/mol. The lowest BCUT2D eigenvalue weighted by Gasteiger charge is -2.21. The van der Waals surface area contributed by atoms with Crippen molar-refractivity contribution in [2.45, 2.75) is 18.2 Å². The Labute approximate surface area is 126 Å². The Morgan fingerprint density at radius 1 is 1.25 bits per heavy atom. The molecule has 0 saturated carbocycles. The lowest BCUT2D eigenvalue weighted by atomic mass is 10.2. The van der Waals surface area contributed by atoms with Crippen LogP contribution >= 0.6 is 12.4 Å². The van der Waals surface area contributed by atoms with E-state index in [0.717, 1.165) is 18.5 Å². The average Bonchev–Trinajstić information content (AvgIpc) is 2.68. The smallest absolute Gasteiger partial charge is 0.246 e. The van der Waals surface area contributed by atoms with Gasteiger partial charge in [0.1, 0.15) is 10.6 Å². The topological polar surface area (TPSA) is 58.6 Å². The van der Waals surface area contributed by atoms with Crippen molar-refractivity contribution < 1.29 is 13.2 Å². The minimum absolute atomic E-state index is 0. The third-order valence-corrected chi connectivity index (χ3v) is 5.16. The summed E-state index contributed by atoms with van der Waals surface area (Å²) in [5.41, 5.74) is 0.910. The number of nitrogens with one attached hydrogen (secondary N) is 1. The van der Waals surface area contributed by atoms with Crippen LogP contribution in [-0.4, -0.2) is 46.0 Å². The van der Waals surface area contributed by atoms with Crippen molar-refractivity contribution in [3.63, 3.8) is 0 Å². The van der Waals surface area contributed by atoms with Crippen LogP contribution in [0.5, 0.6) is 5.75 Å². The Morgan fingerprint density at radius 2 is 2.00 bits per heavy atom. The van der Waals surface area contributed by atoms with Gasteiger partial charge in [-0.25, -0.2) is 8.42 Å². The zero-order chi connectivity index (χ0) is 13.9. The van der Waals surface area contributed by atoms with Crippen LogP contribution in [0.4, 0.5) is 0 Å². The van der Waals surface area contributed by atoms with Gasteiger partial charge in [0, 0.05) is 19.6 Å². The zero-order valence-corrected chi connectivity index (χ0v) is 13.4. The maximum atomic E-state index is 12.7. The number of hydrogen-bond acceptors (Lipinski definition) is 4. The Hall–Kier alpha value is -0.820. The number of hydrogen-bond donors (Lipinski definition) is 1. The standard InChI is InChI=1S/C13H20N2O3S.ClH/c1-11-4-5-12(18-2)13(10-11)19(16,17)15-8-3-6-14-7-9-15;/h4-5,10,14H,3,6-9H2,1-2H3;1H. The van der Waals surface area contributed by atoms with Crippen molar-refractivity contribution >= 4 is 22.4 Å². The Balaban J connectivity index is 0.00000200. The molecule has 0 bridgehead atoms. The second-order valence-corrected chi connectivity index (χ2v) is 6.57. The number of methoxy groups -OCH3 is 1. The highest BCUT2D eigenvalue weighted by Gasteiger charge is 2.28. The molecule has 5 nitrogen and oxygen atoms in total. The van der Waals surface area contributed by atoms with Crippen molar-refractivity contribution in [1.82, 2.24) is 9.62 Å². The number of aryl methyl sites for hydroxylation is 1. The summed E-state index contributed by atoms with van der Waals surface area (Å²) in [6, 6.07) is 5.23. The highest BCUT2D eigenvalue weighted by atomic mass is 35.5. The molecule has 0 spiro atoms. The first-order valence-corrected chi connectivity index (χ1v) is 7.85. The molecule has 1 aliphatic heterocycles. The predicted octanol–water partition coefficient (Wildman–Crippen LogP) is 1.41. The number of halogens is 1. The van der Waals surface area contributed by atoms with E-state index in [1.165, 1.54) is 11.4 Å². The van der Waals surface area contributed by atoms with Crippen molar-refractivity contribution in [1.29, 1.82) is 0 Å². The second-order valence-electron chi connectivity index (χ2n) is 4.66. The number of nitrogens with zero attached hydrogens (tertiary/aromatic N) is 1. The molecule has 1 N–H and O–H groups in total. The van der Waals surface area contributed by atoms with E-state index in [9.17, 15) is 8.42 Å². The maximum absolute atomic E-state index is 12.7. The van der Waals surface area contributed by atoms with Crippen molar-refractivity contribution in [2.24, 2.45) is 0 Å². The molecule has 1 heterocycles. The van der Waals surface area contributed by atoms with Gasteiger partial charge in [-0.1, -0.05) is 6.07 Å². The highest BCUT2D eigenvalue weighted by molar-refractivity contribution is 7.89. The molecule has 0 unspecified atom stereocenters. The molecule has 20 heavy (non-hydrogen) atoms. The van der Waals surface area contributed by atoms with Crippen molar-refractivity contribution in [2.75, 3.05) is 33.3 Å². The lowest BCUT2D eigenvalue weighted by Crippen LogP contribution is -2.34. The van der Waals surface area contributed by atoms with E-state index in [1.807, 2.05) is 13.0 Å². The second kappa shape index (κ2) is 7.26. The third-order valence-electron chi connectivity index (χ3n) is 3.24. The average molecular weight is 321 g/mol. The summed E-state index contributed by atoms with van der Waals surface area (Å²) in [6.07, 6.45) is 0.827. The lowest BCUT2D eigenvalue weighted by molar-refractivity contribution is 0.393. The Bertz CT molecular complexity index is 541. The van der Waals surface area contributed by atoms with Crippen molar-refractivity contribution in [3.8, 4) is 5.75 Å². The van der Waals surface area contributed by atoms with Crippen LogP contribution in [0.25, 0.3) is 0 Å². The molecule has 7 heteroatoms. The summed E-state index contributed by atoms with van der Waals surface area (Å²) in [7, 11) is -1.99. The molecule has 0 aliphatic carbocycles. The zero-order valence-electron chi connectivity index (χ0n) is 11.8. The van der Waals surface area contributed by atoms with Gasteiger partial charge in [0.25, 0.3) is 0 Å². The van der Waals surface area contributed by atoms with Crippen LogP contribution in [0, 0.1) is 6.92 Å². The summed E-state index contributed by atoms with van der Waals surface area (Å²) in [6.45, 7) is 4.47. The van der Waals surface area contributed by atoms with Crippen LogP contribution in [0.3, 0.4) is 0 Å². The fourth-order valence-electron chi connectivity index (χ4n) is 2.19. The van der Waals surface area contributed by atoms with Gasteiger partial charge in [-0.3, -0.25) is 0 Å². The van der Waals surface area contributed by atoms with Crippen molar-refractivity contribution in [3.05, 3.63) is 23.8 Å². The van der Waals surface area contributed by atoms with Gasteiger partial charge < -0.3 is 10.1 Å². The van der Waals surface area contributed by atoms with Crippen LogP contribution in [0.1, 0.15) is 12.0 Å². The molecule has 1 aliphatic rings. The summed E-state index contributed by atoms with van der Waals surface area (Å²) >= 11 is 0. The van der Waals surface area contributed by atoms with Gasteiger partial charge in [0.15, 0.2) is 0 Å². The molecular weight excluding hydrogens is 300 g/mol. The molecule has 1 aromatic carbocycles. The van der Waals surface area contributed by atoms with Gasteiger partial charge in [0.05, 0.1) is 7.11 Å². The molecule has 2 rings (SSSR count). The van der Waals surface area contributed by atoms with E-state index >= 15 is 0 Å². The molecule has 0 aromatic heterocycles. The molecule has 0 amide bonds. The van der Waals surface area contributed by atoms with Crippen LogP contribution in [0.2, 0.25) is 0 Å². The van der Waals surface area contributed by atoms with Gasteiger partial charge in [0.2, 0.25) is 10.0 Å². The molecule has 0 radical (unpaired) electrons. The van der Waals surface area contributed by atoms with E-state index in [1.54, 1.807) is 12.1 Å². The minimum atomic E-state index is -3.48. The summed E-state index contributed by atoms with van der Waals surface area (Å²) < 4.78 is 32.1. The quantitative estimate of drug-likeness (QED) is 0.915. The Kier molecular flexibility index (Phi) is 6.26. The van der Waals surface area contributed by atoms with Crippen LogP contribution in [-0.2, 0) is 10.0 Å². The first-order chi connectivity index (χ1) is 9.05. The first kappa shape index (κ1) is 17.2. The molecule has 114 valence electrons. The van der Waals surface area contributed by atoms with Crippen LogP contribution < -0.4 is 10.1 Å². The van der Waals surface area contributed by atoms with E-state index in [2.05, 4.69) is 5.32 Å². The fraction of sp³-hybridized carbons (Fsp3) is 0.538. The van der Waals surface area contributed by atoms with E-state index in [4.69, 9.17) is 4.74 Å². The molecule has 1 saturated heterocycles.